The van der Waals surface area contributed by atoms with Crippen LogP contribution in [0.1, 0.15) is 25.0 Å². The van der Waals surface area contributed by atoms with E-state index in [0.717, 1.165) is 24.3 Å². The number of nitrogens with one attached hydrogen (secondary N) is 2. The van der Waals surface area contributed by atoms with Gasteiger partial charge in [0.2, 0.25) is 0 Å². The maximum absolute atomic E-state index is 8.98. The summed E-state index contributed by atoms with van der Waals surface area (Å²) in [6.07, 6.45) is 2.28. The van der Waals surface area contributed by atoms with E-state index in [9.17, 15) is 0 Å². The number of nitrogens with zero attached hydrogens (tertiary/aromatic N) is 3. The molecule has 2 N–H and O–H groups in total. The minimum atomic E-state index is 0.541. The minimum Gasteiger partial charge on any atom is -0.370 e. The standard InChI is InChI=1S/C15H16ClN5/c1-3-11-14(18-4-2)19-9-20-15(11)21-13-7-10(8-17)5-6-12(13)16/h5-7,9H,3-4H2,1-2H3,(H2,18,19,20,21). The van der Waals surface area contributed by atoms with E-state index in [4.69, 9.17) is 16.9 Å². The van der Waals surface area contributed by atoms with Crippen molar-refractivity contribution in [3.05, 3.63) is 40.7 Å². The first-order chi connectivity index (χ1) is 10.2. The molecule has 21 heavy (non-hydrogen) atoms. The van der Waals surface area contributed by atoms with Gasteiger partial charge in [0.25, 0.3) is 0 Å². The molecule has 2 rings (SSSR count). The number of hydrogen-bond donors (Lipinski definition) is 2. The molecule has 5 nitrogen and oxygen atoms in total. The molecule has 0 saturated carbocycles. The average Bonchev–Trinajstić information content (AvgIpc) is 2.50. The molecule has 0 fully saturated rings. The molecule has 6 heteroatoms. The Balaban J connectivity index is 2.40. The zero-order chi connectivity index (χ0) is 15.2. The van der Waals surface area contributed by atoms with Crippen LogP contribution in [0.4, 0.5) is 17.3 Å². The van der Waals surface area contributed by atoms with Crippen LogP contribution in [0.5, 0.6) is 0 Å². The topological polar surface area (TPSA) is 73.6 Å². The summed E-state index contributed by atoms with van der Waals surface area (Å²) >= 11 is 6.17. The molecule has 0 unspecified atom stereocenters. The van der Waals surface area contributed by atoms with Crippen LogP contribution >= 0.6 is 11.6 Å². The molecule has 2 aromatic rings. The number of hydrogen-bond acceptors (Lipinski definition) is 5. The van der Waals surface area contributed by atoms with Gasteiger partial charge in [-0.15, -0.1) is 0 Å². The second-order valence-electron chi connectivity index (χ2n) is 4.36. The first-order valence-electron chi connectivity index (χ1n) is 6.74. The summed E-state index contributed by atoms with van der Waals surface area (Å²) in [7, 11) is 0. The molecular weight excluding hydrogens is 286 g/mol. The largest absolute Gasteiger partial charge is 0.370 e. The second-order valence-corrected chi connectivity index (χ2v) is 4.77. The molecule has 0 amide bonds. The summed E-state index contributed by atoms with van der Waals surface area (Å²) in [6, 6.07) is 7.18. The summed E-state index contributed by atoms with van der Waals surface area (Å²) in [6.45, 7) is 4.84. The van der Waals surface area contributed by atoms with Crippen LogP contribution in [0, 0.1) is 11.3 Å². The van der Waals surface area contributed by atoms with Crippen LogP contribution in [0.2, 0.25) is 5.02 Å². The Morgan fingerprint density at radius 2 is 2.00 bits per heavy atom. The number of benzene rings is 1. The Labute approximate surface area is 129 Å². The molecule has 108 valence electrons. The van der Waals surface area contributed by atoms with Gasteiger partial charge in [-0.1, -0.05) is 18.5 Å². The Morgan fingerprint density at radius 1 is 1.24 bits per heavy atom. The Hall–Kier alpha value is -2.32. The maximum atomic E-state index is 8.98. The monoisotopic (exact) mass is 301 g/mol. The highest BCUT2D eigenvalue weighted by molar-refractivity contribution is 6.33. The van der Waals surface area contributed by atoms with E-state index >= 15 is 0 Å². The van der Waals surface area contributed by atoms with Crippen LogP contribution in [0.25, 0.3) is 0 Å². The van der Waals surface area contributed by atoms with E-state index in [1.807, 2.05) is 13.8 Å². The fraction of sp³-hybridized carbons (Fsp3) is 0.267. The first kappa shape index (κ1) is 15.1. The van der Waals surface area contributed by atoms with E-state index in [1.54, 1.807) is 18.2 Å². The van der Waals surface area contributed by atoms with Gasteiger partial charge in [0.05, 0.1) is 22.3 Å². The molecule has 0 aliphatic rings. The quantitative estimate of drug-likeness (QED) is 0.880. The fourth-order valence-electron chi connectivity index (χ4n) is 1.99. The predicted molar refractivity (Wildman–Crippen MR) is 85.0 cm³/mol. The van der Waals surface area contributed by atoms with Crippen molar-refractivity contribution >= 4 is 28.9 Å². The van der Waals surface area contributed by atoms with Gasteiger partial charge in [-0.2, -0.15) is 5.26 Å². The molecule has 0 spiro atoms. The highest BCUT2D eigenvalue weighted by Crippen LogP contribution is 2.29. The molecule has 0 atom stereocenters. The number of aromatic nitrogens is 2. The molecule has 1 aromatic carbocycles. The van der Waals surface area contributed by atoms with Gasteiger partial charge < -0.3 is 10.6 Å². The van der Waals surface area contributed by atoms with Crippen molar-refractivity contribution in [2.24, 2.45) is 0 Å². The van der Waals surface area contributed by atoms with Crippen LogP contribution < -0.4 is 10.6 Å². The zero-order valence-electron chi connectivity index (χ0n) is 11.9. The van der Waals surface area contributed by atoms with Crippen LogP contribution in [-0.2, 0) is 6.42 Å². The Kier molecular flexibility index (Phi) is 4.96. The van der Waals surface area contributed by atoms with Gasteiger partial charge >= 0.3 is 0 Å². The molecule has 0 bridgehead atoms. The fourth-order valence-corrected chi connectivity index (χ4v) is 2.16. The summed E-state index contributed by atoms with van der Waals surface area (Å²) in [5, 5.41) is 15.9. The minimum absolute atomic E-state index is 0.541. The van der Waals surface area contributed by atoms with Crippen molar-refractivity contribution in [2.75, 3.05) is 17.2 Å². The third-order valence-electron chi connectivity index (χ3n) is 2.99. The number of halogens is 1. The van der Waals surface area contributed by atoms with E-state index in [0.29, 0.717) is 22.1 Å². The number of anilines is 3. The van der Waals surface area contributed by atoms with Crippen molar-refractivity contribution < 1.29 is 0 Å². The molecule has 0 aliphatic carbocycles. The Morgan fingerprint density at radius 3 is 2.67 bits per heavy atom. The lowest BCUT2D eigenvalue weighted by Gasteiger charge is -2.14. The molecular formula is C15H16ClN5. The lowest BCUT2D eigenvalue weighted by Crippen LogP contribution is -2.07. The van der Waals surface area contributed by atoms with E-state index in [2.05, 4.69) is 26.7 Å². The summed E-state index contributed by atoms with van der Waals surface area (Å²) in [4.78, 5) is 8.53. The average molecular weight is 302 g/mol. The summed E-state index contributed by atoms with van der Waals surface area (Å²) in [5.74, 6) is 1.51. The third kappa shape index (κ3) is 3.41. The van der Waals surface area contributed by atoms with Gasteiger partial charge in [-0.25, -0.2) is 9.97 Å². The molecule has 1 heterocycles. The lowest BCUT2D eigenvalue weighted by molar-refractivity contribution is 1.03. The SMILES string of the molecule is CCNc1ncnc(Nc2cc(C#N)ccc2Cl)c1CC. The van der Waals surface area contributed by atoms with Crippen molar-refractivity contribution in [1.82, 2.24) is 9.97 Å². The molecule has 0 aliphatic heterocycles. The summed E-state index contributed by atoms with van der Waals surface area (Å²) < 4.78 is 0. The number of rotatable bonds is 5. The number of nitriles is 1. The van der Waals surface area contributed by atoms with E-state index < -0.39 is 0 Å². The normalized spacial score (nSPS) is 10.0. The molecule has 1 aromatic heterocycles. The highest BCUT2D eigenvalue weighted by Gasteiger charge is 2.11. The highest BCUT2D eigenvalue weighted by atomic mass is 35.5. The summed E-state index contributed by atoms with van der Waals surface area (Å²) in [5.41, 5.74) is 2.19. The predicted octanol–water partition coefficient (Wildman–Crippen LogP) is 3.74. The maximum Gasteiger partial charge on any atom is 0.139 e. The van der Waals surface area contributed by atoms with Gasteiger partial charge in [0.15, 0.2) is 0 Å². The third-order valence-corrected chi connectivity index (χ3v) is 3.32. The first-order valence-corrected chi connectivity index (χ1v) is 7.11. The van der Waals surface area contributed by atoms with Crippen LogP contribution in [0.3, 0.4) is 0 Å². The van der Waals surface area contributed by atoms with Crippen LogP contribution in [0.15, 0.2) is 24.5 Å². The van der Waals surface area contributed by atoms with Crippen molar-refractivity contribution in [3.8, 4) is 6.07 Å². The van der Waals surface area contributed by atoms with Crippen LogP contribution in [-0.4, -0.2) is 16.5 Å². The smallest absolute Gasteiger partial charge is 0.139 e. The van der Waals surface area contributed by atoms with E-state index in [-0.39, 0.29) is 0 Å². The second kappa shape index (κ2) is 6.91. The molecule has 0 radical (unpaired) electrons. The van der Waals surface area contributed by atoms with Crippen molar-refractivity contribution in [3.63, 3.8) is 0 Å². The van der Waals surface area contributed by atoms with Crippen molar-refractivity contribution in [1.29, 1.82) is 5.26 Å². The zero-order valence-corrected chi connectivity index (χ0v) is 12.7. The van der Waals surface area contributed by atoms with Gasteiger partial charge in [0.1, 0.15) is 18.0 Å². The Bertz CT molecular complexity index is 678. The lowest BCUT2D eigenvalue weighted by atomic mass is 10.2. The van der Waals surface area contributed by atoms with Gasteiger partial charge in [-0.3, -0.25) is 0 Å². The van der Waals surface area contributed by atoms with Gasteiger partial charge in [0, 0.05) is 12.1 Å². The molecule has 0 saturated heterocycles. The van der Waals surface area contributed by atoms with Crippen molar-refractivity contribution in [2.45, 2.75) is 20.3 Å². The van der Waals surface area contributed by atoms with E-state index in [1.165, 1.54) is 6.33 Å². The van der Waals surface area contributed by atoms with Gasteiger partial charge in [-0.05, 0) is 31.5 Å².